The summed E-state index contributed by atoms with van der Waals surface area (Å²) in [6.45, 7) is 2.16. The van der Waals surface area contributed by atoms with Gasteiger partial charge in [-0.05, 0) is 36.8 Å². The maximum absolute atomic E-state index is 12.4. The van der Waals surface area contributed by atoms with Crippen LogP contribution < -0.4 is 5.56 Å². The minimum atomic E-state index is -0.0901. The molecule has 0 amide bonds. The molecule has 1 heterocycles. The van der Waals surface area contributed by atoms with Gasteiger partial charge in [-0.2, -0.15) is 0 Å². The molecule has 0 unspecified atom stereocenters. The number of para-hydroxylation sites is 2. The molecule has 2 aromatic carbocycles. The number of nitrogens with zero attached hydrogens (tertiary/aromatic N) is 2. The SMILES string of the molecule is Cc1nc2ccccc2n(Cc2ccc(Br)cc2Cl)c1=O. The predicted octanol–water partition coefficient (Wildman–Crippen LogP) is 4.17. The Kier molecular flexibility index (Phi) is 3.83. The Morgan fingerprint density at radius 3 is 2.76 bits per heavy atom. The Bertz CT molecular complexity index is 889. The largest absolute Gasteiger partial charge is 0.301 e. The summed E-state index contributed by atoms with van der Waals surface area (Å²) in [6.07, 6.45) is 0. The lowest BCUT2D eigenvalue weighted by atomic mass is 10.2. The van der Waals surface area contributed by atoms with Gasteiger partial charge in [0.15, 0.2) is 0 Å². The zero-order valence-corrected chi connectivity index (χ0v) is 13.6. The maximum atomic E-state index is 12.4. The molecule has 0 aliphatic heterocycles. The molecule has 1 aromatic heterocycles. The van der Waals surface area contributed by atoms with Crippen molar-refractivity contribution in [2.45, 2.75) is 13.5 Å². The molecule has 21 heavy (non-hydrogen) atoms. The quantitative estimate of drug-likeness (QED) is 0.685. The van der Waals surface area contributed by atoms with Gasteiger partial charge in [0.25, 0.3) is 5.56 Å². The Morgan fingerprint density at radius 1 is 1.24 bits per heavy atom. The van der Waals surface area contributed by atoms with Crippen LogP contribution in [0.2, 0.25) is 5.02 Å². The van der Waals surface area contributed by atoms with Gasteiger partial charge in [0.05, 0.1) is 17.6 Å². The number of rotatable bonds is 2. The highest BCUT2D eigenvalue weighted by molar-refractivity contribution is 9.10. The van der Waals surface area contributed by atoms with Gasteiger partial charge in [0.1, 0.15) is 5.69 Å². The molecule has 3 nitrogen and oxygen atoms in total. The van der Waals surface area contributed by atoms with E-state index in [4.69, 9.17) is 11.6 Å². The fourth-order valence-corrected chi connectivity index (χ4v) is 3.03. The van der Waals surface area contributed by atoms with E-state index < -0.39 is 0 Å². The Morgan fingerprint density at radius 2 is 2.00 bits per heavy atom. The molecule has 106 valence electrons. The van der Waals surface area contributed by atoms with Crippen LogP contribution in [0.15, 0.2) is 51.7 Å². The highest BCUT2D eigenvalue weighted by Gasteiger charge is 2.10. The number of hydrogen-bond donors (Lipinski definition) is 0. The number of aryl methyl sites for hydroxylation is 1. The molecule has 5 heteroatoms. The number of aromatic nitrogens is 2. The summed E-state index contributed by atoms with van der Waals surface area (Å²) in [5, 5.41) is 0.634. The molecule has 0 N–H and O–H groups in total. The fourth-order valence-electron chi connectivity index (χ4n) is 2.30. The van der Waals surface area contributed by atoms with Crippen LogP contribution in [-0.4, -0.2) is 9.55 Å². The predicted molar refractivity (Wildman–Crippen MR) is 89.0 cm³/mol. The number of fused-ring (bicyclic) bond motifs is 1. The molecule has 0 atom stereocenters. The second-order valence-electron chi connectivity index (χ2n) is 4.81. The van der Waals surface area contributed by atoms with E-state index >= 15 is 0 Å². The van der Waals surface area contributed by atoms with Gasteiger partial charge < -0.3 is 4.57 Å². The maximum Gasteiger partial charge on any atom is 0.272 e. The van der Waals surface area contributed by atoms with E-state index in [0.29, 0.717) is 17.3 Å². The van der Waals surface area contributed by atoms with Gasteiger partial charge in [-0.25, -0.2) is 4.98 Å². The van der Waals surface area contributed by atoms with Crippen molar-refractivity contribution in [3.05, 3.63) is 73.6 Å². The van der Waals surface area contributed by atoms with Crippen molar-refractivity contribution >= 4 is 38.6 Å². The first-order chi connectivity index (χ1) is 10.1. The molecule has 0 aliphatic carbocycles. The third-order valence-electron chi connectivity index (χ3n) is 3.36. The topological polar surface area (TPSA) is 34.9 Å². The molecule has 0 aliphatic rings. The van der Waals surface area contributed by atoms with Crippen molar-refractivity contribution in [3.8, 4) is 0 Å². The zero-order chi connectivity index (χ0) is 15.0. The van der Waals surface area contributed by atoms with Crippen LogP contribution in [0.25, 0.3) is 11.0 Å². The highest BCUT2D eigenvalue weighted by atomic mass is 79.9. The standard InChI is InChI=1S/C16H12BrClN2O/c1-10-16(21)20(15-5-3-2-4-14(15)19-10)9-11-6-7-12(17)8-13(11)18/h2-8H,9H2,1H3. The van der Waals surface area contributed by atoms with Crippen molar-refractivity contribution < 1.29 is 0 Å². The van der Waals surface area contributed by atoms with Crippen LogP contribution in [0.3, 0.4) is 0 Å². The van der Waals surface area contributed by atoms with Crippen LogP contribution in [-0.2, 0) is 6.54 Å². The van der Waals surface area contributed by atoms with Gasteiger partial charge in [-0.3, -0.25) is 4.79 Å². The Hall–Kier alpha value is -1.65. The molecule has 0 radical (unpaired) electrons. The first-order valence-corrected chi connectivity index (χ1v) is 7.63. The summed E-state index contributed by atoms with van der Waals surface area (Å²) in [5.41, 5.74) is 2.92. The molecule has 0 fully saturated rings. The molecule has 3 rings (SSSR count). The zero-order valence-electron chi connectivity index (χ0n) is 11.3. The van der Waals surface area contributed by atoms with Crippen LogP contribution in [0.4, 0.5) is 0 Å². The van der Waals surface area contributed by atoms with Crippen LogP contribution in [0.1, 0.15) is 11.3 Å². The number of halogens is 2. The summed E-state index contributed by atoms with van der Waals surface area (Å²) in [5.74, 6) is 0. The third kappa shape index (κ3) is 2.74. The number of benzene rings is 2. The van der Waals surface area contributed by atoms with Crippen molar-refractivity contribution in [2.75, 3.05) is 0 Å². The number of hydrogen-bond acceptors (Lipinski definition) is 2. The average molecular weight is 364 g/mol. The fraction of sp³-hybridized carbons (Fsp3) is 0.125. The third-order valence-corrected chi connectivity index (χ3v) is 4.20. The minimum absolute atomic E-state index is 0.0901. The highest BCUT2D eigenvalue weighted by Crippen LogP contribution is 2.22. The van der Waals surface area contributed by atoms with E-state index in [1.54, 1.807) is 11.5 Å². The van der Waals surface area contributed by atoms with Gasteiger partial charge in [-0.1, -0.05) is 45.7 Å². The van der Waals surface area contributed by atoms with Crippen molar-refractivity contribution in [3.63, 3.8) is 0 Å². The van der Waals surface area contributed by atoms with Gasteiger partial charge in [0.2, 0.25) is 0 Å². The molecule has 0 saturated heterocycles. The Labute approximate surface area is 135 Å². The van der Waals surface area contributed by atoms with Crippen LogP contribution >= 0.6 is 27.5 Å². The Balaban J connectivity index is 2.20. The van der Waals surface area contributed by atoms with Crippen LogP contribution in [0, 0.1) is 6.92 Å². The van der Waals surface area contributed by atoms with E-state index in [-0.39, 0.29) is 5.56 Å². The normalized spacial score (nSPS) is 11.0. The summed E-state index contributed by atoms with van der Waals surface area (Å²) < 4.78 is 2.63. The molecular formula is C16H12BrClN2O. The van der Waals surface area contributed by atoms with E-state index in [9.17, 15) is 4.79 Å². The molecular weight excluding hydrogens is 352 g/mol. The van der Waals surface area contributed by atoms with Gasteiger partial charge in [-0.15, -0.1) is 0 Å². The van der Waals surface area contributed by atoms with E-state index in [0.717, 1.165) is 21.1 Å². The molecule has 3 aromatic rings. The second-order valence-corrected chi connectivity index (χ2v) is 6.14. The molecule has 0 spiro atoms. The lowest BCUT2D eigenvalue weighted by Crippen LogP contribution is -2.24. The van der Waals surface area contributed by atoms with E-state index in [1.807, 2.05) is 42.5 Å². The van der Waals surface area contributed by atoms with E-state index in [2.05, 4.69) is 20.9 Å². The summed E-state index contributed by atoms with van der Waals surface area (Å²) in [6, 6.07) is 13.3. The lowest BCUT2D eigenvalue weighted by molar-refractivity contribution is 0.776. The summed E-state index contributed by atoms with van der Waals surface area (Å²) >= 11 is 9.65. The van der Waals surface area contributed by atoms with Crippen molar-refractivity contribution in [1.82, 2.24) is 9.55 Å². The molecule has 0 saturated carbocycles. The van der Waals surface area contributed by atoms with Crippen molar-refractivity contribution in [2.24, 2.45) is 0 Å². The molecule has 0 bridgehead atoms. The second kappa shape index (κ2) is 5.62. The monoisotopic (exact) mass is 362 g/mol. The summed E-state index contributed by atoms with van der Waals surface area (Å²) in [4.78, 5) is 16.8. The lowest BCUT2D eigenvalue weighted by Gasteiger charge is -2.12. The van der Waals surface area contributed by atoms with E-state index in [1.165, 1.54) is 0 Å². The smallest absolute Gasteiger partial charge is 0.272 e. The average Bonchev–Trinajstić information content (AvgIpc) is 2.46. The minimum Gasteiger partial charge on any atom is -0.301 e. The van der Waals surface area contributed by atoms with Gasteiger partial charge >= 0.3 is 0 Å². The van der Waals surface area contributed by atoms with Gasteiger partial charge in [0, 0.05) is 9.50 Å². The summed E-state index contributed by atoms with van der Waals surface area (Å²) in [7, 11) is 0. The first kappa shape index (κ1) is 14.3. The van der Waals surface area contributed by atoms with Crippen LogP contribution in [0.5, 0.6) is 0 Å². The van der Waals surface area contributed by atoms with Crippen molar-refractivity contribution in [1.29, 1.82) is 0 Å². The first-order valence-electron chi connectivity index (χ1n) is 6.46.